The van der Waals surface area contributed by atoms with Crippen LogP contribution < -0.4 is 9.47 Å². The first-order valence-electron chi connectivity index (χ1n) is 13.0. The van der Waals surface area contributed by atoms with Gasteiger partial charge >= 0.3 is 5.97 Å². The Labute approximate surface area is 221 Å². The Kier molecular flexibility index (Phi) is 8.17. The van der Waals surface area contributed by atoms with E-state index in [-0.39, 0.29) is 12.3 Å². The van der Waals surface area contributed by atoms with Crippen molar-refractivity contribution in [2.24, 2.45) is 0 Å². The Bertz CT molecular complexity index is 1200. The number of carbonyl (C=O) groups is 1. The number of hydrogen-bond donors (Lipinski definition) is 1. The number of carboxylic acid groups (broad SMARTS) is 1. The third kappa shape index (κ3) is 5.89. The Morgan fingerprint density at radius 3 is 3.00 bits per heavy atom. The topological polar surface area (TPSA) is 68.7 Å². The van der Waals surface area contributed by atoms with Crippen molar-refractivity contribution in [3.05, 3.63) is 58.8 Å². The van der Waals surface area contributed by atoms with E-state index in [0.29, 0.717) is 6.61 Å². The number of ether oxygens (including phenoxy) is 2. The zero-order valence-electron chi connectivity index (χ0n) is 20.8. The second-order valence-electron chi connectivity index (χ2n) is 9.52. The molecule has 0 saturated carbocycles. The summed E-state index contributed by atoms with van der Waals surface area (Å²) in [5, 5.41) is 11.1. The highest BCUT2D eigenvalue weighted by atomic mass is 32.2. The summed E-state index contributed by atoms with van der Waals surface area (Å²) in [4.78, 5) is 17.2. The molecule has 7 heteroatoms. The molecular formula is C29H33NO4S2. The second-order valence-corrected chi connectivity index (χ2v) is 11.7. The molecule has 2 aliphatic rings. The monoisotopic (exact) mass is 523 g/mol. The van der Waals surface area contributed by atoms with Crippen LogP contribution in [0.5, 0.6) is 10.8 Å². The van der Waals surface area contributed by atoms with Gasteiger partial charge in [0.05, 0.1) is 25.3 Å². The van der Waals surface area contributed by atoms with Gasteiger partial charge in [0.2, 0.25) is 0 Å². The lowest BCUT2D eigenvalue weighted by Gasteiger charge is -2.13. The molecular weight excluding hydrogens is 490 g/mol. The van der Waals surface area contributed by atoms with E-state index in [0.717, 1.165) is 84.4 Å². The summed E-state index contributed by atoms with van der Waals surface area (Å²) >= 11 is 3.50. The van der Waals surface area contributed by atoms with Crippen LogP contribution in [0.4, 0.5) is 0 Å². The van der Waals surface area contributed by atoms with E-state index in [1.54, 1.807) is 11.3 Å². The van der Waals surface area contributed by atoms with Gasteiger partial charge in [0.1, 0.15) is 10.8 Å². The van der Waals surface area contributed by atoms with Crippen LogP contribution >= 0.6 is 23.1 Å². The highest BCUT2D eigenvalue weighted by molar-refractivity contribution is 7.99. The Morgan fingerprint density at radius 2 is 2.17 bits per heavy atom. The predicted molar refractivity (Wildman–Crippen MR) is 146 cm³/mol. The molecule has 0 fully saturated rings. The molecule has 5 rings (SSSR count). The lowest BCUT2D eigenvalue weighted by molar-refractivity contribution is -0.137. The molecule has 5 nitrogen and oxygen atoms in total. The number of aryl methyl sites for hydroxylation is 3. The molecule has 1 N–H and O–H groups in total. The average Bonchev–Trinajstić information content (AvgIpc) is 3.48. The van der Waals surface area contributed by atoms with Crippen LogP contribution in [-0.4, -0.2) is 35.0 Å². The van der Waals surface area contributed by atoms with Gasteiger partial charge in [-0.1, -0.05) is 30.7 Å². The first kappa shape index (κ1) is 25.2. The molecule has 0 bridgehead atoms. The molecule has 0 spiro atoms. The van der Waals surface area contributed by atoms with Crippen LogP contribution in [-0.2, 0) is 24.1 Å². The number of rotatable bonds is 11. The summed E-state index contributed by atoms with van der Waals surface area (Å²) in [6, 6.07) is 13.0. The van der Waals surface area contributed by atoms with Gasteiger partial charge in [0, 0.05) is 16.2 Å². The Morgan fingerprint density at radius 1 is 1.25 bits per heavy atom. The van der Waals surface area contributed by atoms with E-state index in [1.165, 1.54) is 21.6 Å². The number of thiazole rings is 1. The van der Waals surface area contributed by atoms with E-state index in [2.05, 4.69) is 43.3 Å². The SMILES string of the molecule is CCCc1cc(-c2nc3c(s2)OCCC3)ccc1OCCCSc1ccc2c(c1)CC[C@H]2CC(=O)O. The quantitative estimate of drug-likeness (QED) is 0.213. The average molecular weight is 524 g/mol. The number of aliphatic carboxylic acids is 1. The second kappa shape index (κ2) is 11.7. The number of nitrogens with zero attached hydrogens (tertiary/aromatic N) is 1. The van der Waals surface area contributed by atoms with Crippen LogP contribution in [0.1, 0.15) is 67.3 Å². The highest BCUT2D eigenvalue weighted by Crippen LogP contribution is 2.39. The van der Waals surface area contributed by atoms with Crippen LogP contribution in [0, 0.1) is 0 Å². The van der Waals surface area contributed by atoms with Crippen LogP contribution in [0.25, 0.3) is 10.6 Å². The fourth-order valence-corrected chi connectivity index (χ4v) is 6.95. The smallest absolute Gasteiger partial charge is 0.303 e. The third-order valence-corrected chi connectivity index (χ3v) is 8.97. The Balaban J connectivity index is 1.14. The van der Waals surface area contributed by atoms with Gasteiger partial charge < -0.3 is 14.6 Å². The third-order valence-electron chi connectivity index (χ3n) is 6.83. The first-order chi connectivity index (χ1) is 17.6. The summed E-state index contributed by atoms with van der Waals surface area (Å²) in [5.41, 5.74) is 6.03. The van der Waals surface area contributed by atoms with Crippen LogP contribution in [0.3, 0.4) is 0 Å². The number of carboxylic acids is 1. The molecule has 3 aromatic rings. The van der Waals surface area contributed by atoms with Crippen molar-refractivity contribution in [3.63, 3.8) is 0 Å². The number of fused-ring (bicyclic) bond motifs is 2. The number of hydrogen-bond acceptors (Lipinski definition) is 6. The van der Waals surface area contributed by atoms with Gasteiger partial charge in [-0.05, 0) is 91.5 Å². The normalized spacial score (nSPS) is 16.3. The van der Waals surface area contributed by atoms with E-state index in [9.17, 15) is 4.79 Å². The van der Waals surface area contributed by atoms with Crippen molar-refractivity contribution in [2.75, 3.05) is 19.0 Å². The molecule has 1 aromatic heterocycles. The molecule has 0 saturated heterocycles. The molecule has 36 heavy (non-hydrogen) atoms. The molecule has 2 aromatic carbocycles. The number of benzene rings is 2. The van der Waals surface area contributed by atoms with E-state index >= 15 is 0 Å². The maximum atomic E-state index is 11.1. The fourth-order valence-electron chi connectivity index (χ4n) is 5.08. The fraction of sp³-hybridized carbons (Fsp3) is 0.448. The summed E-state index contributed by atoms with van der Waals surface area (Å²) in [7, 11) is 0. The summed E-state index contributed by atoms with van der Waals surface area (Å²) < 4.78 is 12.0. The largest absolute Gasteiger partial charge is 0.493 e. The molecule has 1 atom stereocenters. The molecule has 2 heterocycles. The van der Waals surface area contributed by atoms with Crippen molar-refractivity contribution < 1.29 is 19.4 Å². The molecule has 0 radical (unpaired) electrons. The summed E-state index contributed by atoms with van der Waals surface area (Å²) in [5.74, 6) is 1.43. The number of thioether (sulfide) groups is 1. The Hall–Kier alpha value is -2.51. The number of aromatic nitrogens is 1. The van der Waals surface area contributed by atoms with E-state index in [1.807, 2.05) is 11.8 Å². The lowest BCUT2D eigenvalue weighted by Crippen LogP contribution is -2.06. The van der Waals surface area contributed by atoms with Crippen molar-refractivity contribution in [3.8, 4) is 21.4 Å². The van der Waals surface area contributed by atoms with Gasteiger partial charge in [-0.3, -0.25) is 4.79 Å². The molecule has 1 aliphatic heterocycles. The molecule has 1 aliphatic carbocycles. The van der Waals surface area contributed by atoms with Crippen molar-refractivity contribution in [2.45, 2.75) is 69.1 Å². The maximum Gasteiger partial charge on any atom is 0.303 e. The van der Waals surface area contributed by atoms with E-state index in [4.69, 9.17) is 19.6 Å². The standard InChI is InChI=1S/C29H33NO4S2/c1-2-5-21-16-22(28-30-25-6-3-13-34-29(25)36-28)9-12-26(21)33-14-4-15-35-23-10-11-24-19(17-23)7-8-20(24)18-27(31)32/h9-12,16-17,20H,2-8,13-15,18H2,1H3,(H,31,32)/t20-/m0/s1. The van der Waals surface area contributed by atoms with Crippen LogP contribution in [0.2, 0.25) is 0 Å². The summed E-state index contributed by atoms with van der Waals surface area (Å²) in [6.45, 7) is 3.68. The first-order valence-corrected chi connectivity index (χ1v) is 14.8. The van der Waals surface area contributed by atoms with Crippen LogP contribution in [0.15, 0.2) is 41.3 Å². The van der Waals surface area contributed by atoms with Gasteiger partial charge in [0.15, 0.2) is 5.06 Å². The van der Waals surface area contributed by atoms with Gasteiger partial charge in [-0.15, -0.1) is 11.8 Å². The highest BCUT2D eigenvalue weighted by Gasteiger charge is 2.24. The minimum absolute atomic E-state index is 0.169. The van der Waals surface area contributed by atoms with Crippen molar-refractivity contribution in [1.29, 1.82) is 0 Å². The van der Waals surface area contributed by atoms with Gasteiger partial charge in [0.25, 0.3) is 0 Å². The minimum atomic E-state index is -0.709. The van der Waals surface area contributed by atoms with Gasteiger partial charge in [-0.25, -0.2) is 4.98 Å². The lowest BCUT2D eigenvalue weighted by atomic mass is 9.98. The van der Waals surface area contributed by atoms with E-state index < -0.39 is 5.97 Å². The zero-order chi connectivity index (χ0) is 24.9. The molecule has 0 unspecified atom stereocenters. The molecule has 0 amide bonds. The summed E-state index contributed by atoms with van der Waals surface area (Å²) in [6.07, 6.45) is 7.23. The predicted octanol–water partition coefficient (Wildman–Crippen LogP) is 7.15. The maximum absolute atomic E-state index is 11.1. The van der Waals surface area contributed by atoms with Crippen molar-refractivity contribution >= 4 is 29.1 Å². The zero-order valence-corrected chi connectivity index (χ0v) is 22.4. The van der Waals surface area contributed by atoms with Gasteiger partial charge in [-0.2, -0.15) is 0 Å². The van der Waals surface area contributed by atoms with Crippen molar-refractivity contribution in [1.82, 2.24) is 4.98 Å². The minimum Gasteiger partial charge on any atom is -0.493 e. The molecule has 190 valence electrons.